The number of hydrogen-bond donors (Lipinski definition) is 2. The van der Waals surface area contributed by atoms with Gasteiger partial charge in [-0.25, -0.2) is 8.42 Å². The predicted octanol–water partition coefficient (Wildman–Crippen LogP) is 4.78. The van der Waals surface area contributed by atoms with Gasteiger partial charge in [-0.3, -0.25) is 9.29 Å². The highest BCUT2D eigenvalue weighted by atomic mass is 35.5. The van der Waals surface area contributed by atoms with Crippen molar-refractivity contribution in [3.63, 3.8) is 0 Å². The highest BCUT2D eigenvalue weighted by Gasteiger charge is 2.34. The minimum absolute atomic E-state index is 0.103. The Morgan fingerprint density at radius 3 is 2.35 bits per heavy atom. The van der Waals surface area contributed by atoms with Crippen LogP contribution in [0.4, 0.5) is 18.9 Å². The summed E-state index contributed by atoms with van der Waals surface area (Å²) in [6.45, 7) is 0. The third kappa shape index (κ3) is 5.14. The van der Waals surface area contributed by atoms with E-state index in [-0.39, 0.29) is 22.4 Å². The lowest BCUT2D eigenvalue weighted by Gasteiger charge is -2.14. The van der Waals surface area contributed by atoms with E-state index in [1.165, 1.54) is 18.2 Å². The molecule has 0 aliphatic rings. The first-order valence-electron chi connectivity index (χ1n) is 6.80. The van der Waals surface area contributed by atoms with Crippen LogP contribution in [-0.4, -0.2) is 13.3 Å². The van der Waals surface area contributed by atoms with E-state index in [4.69, 9.17) is 28.1 Å². The van der Waals surface area contributed by atoms with Crippen LogP contribution in [0.25, 0.3) is 0 Å². The second-order valence-electron chi connectivity index (χ2n) is 5.12. The Kier molecular flexibility index (Phi) is 6.30. The SMILES string of the molecule is O=[PH](O)Cc1ccc(Cl)cc1NS(=O)(=O)c1ccc(Cl)c(C(F)(F)F)c1. The van der Waals surface area contributed by atoms with Crippen LogP contribution in [0.3, 0.4) is 0 Å². The van der Waals surface area contributed by atoms with Gasteiger partial charge in [-0.05, 0) is 35.9 Å². The summed E-state index contributed by atoms with van der Waals surface area (Å²) in [5.41, 5.74) is -1.23. The summed E-state index contributed by atoms with van der Waals surface area (Å²) in [5.74, 6) is 0. The Labute approximate surface area is 157 Å². The first-order chi connectivity index (χ1) is 11.9. The van der Waals surface area contributed by atoms with Gasteiger partial charge >= 0.3 is 6.18 Å². The second kappa shape index (κ2) is 7.78. The smallest absolute Gasteiger partial charge is 0.346 e. The number of sulfonamides is 1. The molecular weight excluding hydrogens is 437 g/mol. The molecule has 0 aromatic heterocycles. The molecule has 2 aromatic rings. The number of nitrogens with one attached hydrogen (secondary N) is 1. The van der Waals surface area contributed by atoms with Gasteiger partial charge in [-0.15, -0.1) is 0 Å². The van der Waals surface area contributed by atoms with Crippen molar-refractivity contribution in [2.45, 2.75) is 17.2 Å². The fraction of sp³-hybridized carbons (Fsp3) is 0.143. The van der Waals surface area contributed by atoms with E-state index < -0.39 is 39.7 Å². The molecule has 2 N–H and O–H groups in total. The molecule has 0 radical (unpaired) electrons. The zero-order valence-electron chi connectivity index (χ0n) is 12.6. The molecule has 0 aliphatic carbocycles. The van der Waals surface area contributed by atoms with Gasteiger partial charge in [0.2, 0.25) is 0 Å². The number of alkyl halides is 3. The summed E-state index contributed by atoms with van der Waals surface area (Å²) >= 11 is 11.3. The van der Waals surface area contributed by atoms with Crippen LogP contribution in [-0.2, 0) is 26.9 Å². The summed E-state index contributed by atoms with van der Waals surface area (Å²) in [6, 6.07) is 6.08. The van der Waals surface area contributed by atoms with Crippen LogP contribution in [0, 0.1) is 0 Å². The molecule has 0 spiro atoms. The van der Waals surface area contributed by atoms with E-state index in [1.54, 1.807) is 0 Å². The molecule has 2 rings (SSSR count). The lowest BCUT2D eigenvalue weighted by Crippen LogP contribution is -2.16. The molecule has 0 saturated heterocycles. The number of hydrogen-bond acceptors (Lipinski definition) is 3. The summed E-state index contributed by atoms with van der Waals surface area (Å²) in [6.07, 6.45) is -5.16. The van der Waals surface area contributed by atoms with Crippen LogP contribution in [0.5, 0.6) is 0 Å². The van der Waals surface area contributed by atoms with E-state index >= 15 is 0 Å². The van der Waals surface area contributed by atoms with Gasteiger partial charge in [-0.1, -0.05) is 29.3 Å². The van der Waals surface area contributed by atoms with Crippen molar-refractivity contribution in [1.82, 2.24) is 0 Å². The zero-order valence-corrected chi connectivity index (χ0v) is 16.0. The highest BCUT2D eigenvalue weighted by Crippen LogP contribution is 2.36. The molecule has 0 aliphatic heterocycles. The number of benzene rings is 2. The van der Waals surface area contributed by atoms with Crippen LogP contribution in [0.2, 0.25) is 10.0 Å². The summed E-state index contributed by atoms with van der Waals surface area (Å²) in [4.78, 5) is 8.40. The molecule has 0 saturated carbocycles. The average Bonchev–Trinajstić information content (AvgIpc) is 2.48. The van der Waals surface area contributed by atoms with Crippen molar-refractivity contribution in [2.75, 3.05) is 4.72 Å². The van der Waals surface area contributed by atoms with Crippen molar-refractivity contribution >= 4 is 46.9 Å². The monoisotopic (exact) mass is 447 g/mol. The Morgan fingerprint density at radius 2 is 1.77 bits per heavy atom. The van der Waals surface area contributed by atoms with Gasteiger partial charge in [-0.2, -0.15) is 13.2 Å². The third-order valence-electron chi connectivity index (χ3n) is 3.21. The van der Waals surface area contributed by atoms with Gasteiger partial charge < -0.3 is 4.89 Å². The van der Waals surface area contributed by atoms with Crippen LogP contribution in [0.15, 0.2) is 41.3 Å². The first kappa shape index (κ1) is 21.1. The second-order valence-corrected chi connectivity index (χ2v) is 8.78. The lowest BCUT2D eigenvalue weighted by atomic mass is 10.2. The van der Waals surface area contributed by atoms with Crippen LogP contribution in [0.1, 0.15) is 11.1 Å². The van der Waals surface area contributed by atoms with Gasteiger partial charge in [0.25, 0.3) is 10.0 Å². The molecule has 0 amide bonds. The topological polar surface area (TPSA) is 83.5 Å². The largest absolute Gasteiger partial charge is 0.417 e. The quantitative estimate of drug-likeness (QED) is 0.646. The van der Waals surface area contributed by atoms with Crippen molar-refractivity contribution < 1.29 is 31.0 Å². The molecule has 0 heterocycles. The third-order valence-corrected chi connectivity index (χ3v) is 5.82. The maximum absolute atomic E-state index is 12.9. The van der Waals surface area contributed by atoms with Gasteiger partial charge in [0, 0.05) is 11.2 Å². The van der Waals surface area contributed by atoms with Crippen molar-refractivity contribution in [2.24, 2.45) is 0 Å². The molecule has 0 fully saturated rings. The Hall–Kier alpha value is -1.25. The standard InChI is InChI=1S/C14H11Cl2F3NO4PS/c15-9-2-1-8(7-25(21)22)13(5-9)20-26(23,24)10-3-4-12(16)11(6-10)14(17,18)19/h1-6,20,25H,7H2,(H,21,22). The first-order valence-corrected chi connectivity index (χ1v) is 10.6. The van der Waals surface area contributed by atoms with Gasteiger partial charge in [0.1, 0.15) is 0 Å². The average molecular weight is 448 g/mol. The fourth-order valence-corrected chi connectivity index (χ4v) is 4.20. The highest BCUT2D eigenvalue weighted by molar-refractivity contribution is 7.92. The molecule has 0 bridgehead atoms. The predicted molar refractivity (Wildman–Crippen MR) is 93.6 cm³/mol. The molecule has 5 nitrogen and oxygen atoms in total. The number of rotatable bonds is 5. The van der Waals surface area contributed by atoms with E-state index in [2.05, 4.69) is 4.72 Å². The van der Waals surface area contributed by atoms with Crippen molar-refractivity contribution in [3.05, 3.63) is 57.6 Å². The van der Waals surface area contributed by atoms with E-state index in [0.29, 0.717) is 6.07 Å². The summed E-state index contributed by atoms with van der Waals surface area (Å²) in [5, 5.41) is -0.505. The maximum Gasteiger partial charge on any atom is 0.417 e. The zero-order chi connectivity index (χ0) is 19.7. The molecular formula is C14H11Cl2F3NO4PS. The minimum atomic E-state index is -4.83. The Balaban J connectivity index is 2.47. The summed E-state index contributed by atoms with van der Waals surface area (Å²) in [7, 11) is -7.39. The Morgan fingerprint density at radius 1 is 1.12 bits per heavy atom. The van der Waals surface area contributed by atoms with E-state index in [9.17, 15) is 26.2 Å². The van der Waals surface area contributed by atoms with E-state index in [0.717, 1.165) is 12.1 Å². The molecule has 26 heavy (non-hydrogen) atoms. The number of halogens is 5. The molecule has 1 atom stereocenters. The molecule has 2 aromatic carbocycles. The Bertz CT molecular complexity index is 967. The lowest BCUT2D eigenvalue weighted by molar-refractivity contribution is -0.137. The minimum Gasteiger partial charge on any atom is -0.346 e. The number of anilines is 1. The maximum atomic E-state index is 12.9. The van der Waals surface area contributed by atoms with Crippen LogP contribution >= 0.6 is 31.2 Å². The van der Waals surface area contributed by atoms with Crippen molar-refractivity contribution in [1.29, 1.82) is 0 Å². The molecule has 142 valence electrons. The summed E-state index contributed by atoms with van der Waals surface area (Å²) < 4.78 is 76.8. The fourth-order valence-electron chi connectivity index (χ4n) is 2.05. The van der Waals surface area contributed by atoms with Gasteiger partial charge in [0.05, 0.1) is 21.2 Å². The normalized spacial score (nSPS) is 13.5. The molecule has 1 unspecified atom stereocenters. The van der Waals surface area contributed by atoms with Crippen LogP contribution < -0.4 is 4.72 Å². The van der Waals surface area contributed by atoms with E-state index in [1.807, 2.05) is 0 Å². The van der Waals surface area contributed by atoms with Crippen molar-refractivity contribution in [3.8, 4) is 0 Å². The molecule has 12 heteroatoms. The van der Waals surface area contributed by atoms with Gasteiger partial charge in [0.15, 0.2) is 8.03 Å².